The monoisotopic (exact) mass is 771 g/mol. The largest absolute Gasteiger partial charge is 0.469 e. The lowest BCUT2D eigenvalue weighted by molar-refractivity contribution is -0.161. The van der Waals surface area contributed by atoms with Gasteiger partial charge in [-0.1, -0.05) is 172 Å². The Morgan fingerprint density at radius 3 is 1.62 bits per heavy atom. The highest BCUT2D eigenvalue weighted by atomic mass is 31.2. The van der Waals surface area contributed by atoms with Gasteiger partial charge >= 0.3 is 19.8 Å². The second-order valence-electron chi connectivity index (χ2n) is 14.0. The van der Waals surface area contributed by atoms with Crippen LogP contribution in [0.5, 0.6) is 0 Å². The van der Waals surface area contributed by atoms with Crippen LogP contribution in [-0.4, -0.2) is 63.5 Å². The molecule has 0 fully saturated rings. The Kier molecular flexibility index (Phi) is 35.4. The average molecular weight is 771 g/mol. The molecule has 0 unspecified atom stereocenters. The topological polar surface area (TPSA) is 160 Å². The van der Waals surface area contributed by atoms with E-state index in [1.54, 1.807) is 36.5 Å². The molecule has 3 atom stereocenters. The molecule has 0 aliphatic carbocycles. The number of carbonyl (C=O) groups excluding carboxylic acids is 2. The number of phosphoric acid groups is 1. The van der Waals surface area contributed by atoms with E-state index in [-0.39, 0.29) is 25.9 Å². The van der Waals surface area contributed by atoms with E-state index in [2.05, 4.69) is 24.4 Å². The Morgan fingerprint density at radius 2 is 1.08 bits per heavy atom. The smallest absolute Gasteiger partial charge is 0.462 e. The van der Waals surface area contributed by atoms with Gasteiger partial charge in [-0.2, -0.15) is 0 Å². The third-order valence-electron chi connectivity index (χ3n) is 8.79. The predicted molar refractivity (Wildman–Crippen MR) is 214 cm³/mol. The van der Waals surface area contributed by atoms with E-state index in [0.29, 0.717) is 19.3 Å². The molecule has 0 aromatic rings. The normalized spacial score (nSPS) is 14.2. The molecule has 0 aliphatic rings. The summed E-state index contributed by atoms with van der Waals surface area (Å²) in [6.07, 6.45) is 37.5. The molecule has 0 rings (SSSR count). The summed E-state index contributed by atoms with van der Waals surface area (Å²) in [6, 6.07) is 0. The molecule has 0 aromatic carbocycles. The SMILES string of the molecule is CCCCC/C=C\C[C@H](O)/C=C/C=C/C=C\[C@H](O)CCCC(=O)O[C@H](COC(=O)CCCCCCCCCCCCCCCCCC)COP(=O)(O)O. The van der Waals surface area contributed by atoms with Gasteiger partial charge in [0.1, 0.15) is 6.61 Å². The summed E-state index contributed by atoms with van der Waals surface area (Å²) in [5.74, 6) is -1.12. The van der Waals surface area contributed by atoms with Crippen LogP contribution in [0, 0.1) is 0 Å². The molecule has 4 N–H and O–H groups in total. The number of aliphatic hydroxyl groups excluding tert-OH is 2. The number of unbranched alkanes of at least 4 members (excludes halogenated alkanes) is 18. The lowest BCUT2D eigenvalue weighted by Gasteiger charge is -2.18. The van der Waals surface area contributed by atoms with E-state index in [4.69, 9.17) is 19.3 Å². The molecule has 0 amide bonds. The number of allylic oxidation sites excluding steroid dienone is 5. The number of hydrogen-bond acceptors (Lipinski definition) is 8. The fraction of sp³-hybridized carbons (Fsp3) is 0.762. The fourth-order valence-electron chi connectivity index (χ4n) is 5.63. The molecule has 10 nitrogen and oxygen atoms in total. The summed E-state index contributed by atoms with van der Waals surface area (Å²) in [7, 11) is -4.82. The van der Waals surface area contributed by atoms with Crippen LogP contribution >= 0.6 is 7.82 Å². The number of esters is 2. The van der Waals surface area contributed by atoms with Crippen molar-refractivity contribution < 1.29 is 48.2 Å². The zero-order valence-corrected chi connectivity index (χ0v) is 34.0. The fourth-order valence-corrected chi connectivity index (χ4v) is 5.99. The highest BCUT2D eigenvalue weighted by Gasteiger charge is 2.23. The lowest BCUT2D eigenvalue weighted by atomic mass is 10.0. The minimum atomic E-state index is -4.82. The van der Waals surface area contributed by atoms with Crippen molar-refractivity contribution in [2.75, 3.05) is 13.2 Å². The summed E-state index contributed by atoms with van der Waals surface area (Å²) in [5.41, 5.74) is 0. The first kappa shape index (κ1) is 50.9. The third-order valence-corrected chi connectivity index (χ3v) is 9.28. The summed E-state index contributed by atoms with van der Waals surface area (Å²) < 4.78 is 26.2. The molecule has 0 saturated heterocycles. The zero-order valence-electron chi connectivity index (χ0n) is 33.1. The molecule has 0 radical (unpaired) electrons. The van der Waals surface area contributed by atoms with Crippen LogP contribution in [0.4, 0.5) is 0 Å². The number of ether oxygens (including phenoxy) is 2. The predicted octanol–water partition coefficient (Wildman–Crippen LogP) is 10.3. The maximum atomic E-state index is 12.4. The summed E-state index contributed by atoms with van der Waals surface area (Å²) >= 11 is 0. The van der Waals surface area contributed by atoms with E-state index < -0.39 is 44.7 Å². The average Bonchev–Trinajstić information content (AvgIpc) is 3.11. The van der Waals surface area contributed by atoms with E-state index in [1.807, 2.05) is 6.08 Å². The van der Waals surface area contributed by atoms with Crippen LogP contribution in [0.2, 0.25) is 0 Å². The third kappa shape index (κ3) is 39.4. The van der Waals surface area contributed by atoms with Crippen LogP contribution in [0.3, 0.4) is 0 Å². The number of phosphoric ester groups is 1. The maximum Gasteiger partial charge on any atom is 0.469 e. The minimum Gasteiger partial charge on any atom is -0.462 e. The Morgan fingerprint density at radius 1 is 0.585 bits per heavy atom. The van der Waals surface area contributed by atoms with Gasteiger partial charge in [0.05, 0.1) is 18.8 Å². The quantitative estimate of drug-likeness (QED) is 0.0157. The van der Waals surface area contributed by atoms with Crippen molar-refractivity contribution in [3.05, 3.63) is 48.6 Å². The Bertz CT molecular complexity index is 1030. The standard InChI is InChI=1S/C42H75O10P/c1-3-5-7-9-11-12-13-14-15-16-17-18-19-20-22-28-34-41(45)50-36-40(37-51-53(47,48)49)52-42(46)35-29-33-39(44)32-27-24-23-26-31-38(43)30-25-21-10-8-6-4-2/h21,23-27,31-32,38-40,43-44H,3-20,22,28-30,33-37H2,1-2H3,(H2,47,48,49)/b24-23+,25-21-,31-26+,32-27-/t38-,39-,40+/m0/s1. The minimum absolute atomic E-state index is 0.0477. The molecule has 0 spiro atoms. The van der Waals surface area contributed by atoms with Gasteiger partial charge in [0.2, 0.25) is 0 Å². The second kappa shape index (κ2) is 36.9. The van der Waals surface area contributed by atoms with E-state index in [9.17, 15) is 24.4 Å². The van der Waals surface area contributed by atoms with Gasteiger partial charge < -0.3 is 29.5 Å². The summed E-state index contributed by atoms with van der Waals surface area (Å²) in [6.45, 7) is 3.42. The van der Waals surface area contributed by atoms with Crippen molar-refractivity contribution in [1.29, 1.82) is 0 Å². The lowest BCUT2D eigenvalue weighted by Crippen LogP contribution is -2.29. The maximum absolute atomic E-state index is 12.4. The van der Waals surface area contributed by atoms with E-state index >= 15 is 0 Å². The first-order valence-corrected chi connectivity index (χ1v) is 22.2. The Balaban J connectivity index is 4.19. The number of carbonyl (C=O) groups is 2. The zero-order chi connectivity index (χ0) is 39.3. The molecule has 0 aromatic heterocycles. The van der Waals surface area contributed by atoms with Crippen LogP contribution in [0.15, 0.2) is 48.6 Å². The first-order valence-electron chi connectivity index (χ1n) is 20.6. The van der Waals surface area contributed by atoms with Crippen molar-refractivity contribution in [3.63, 3.8) is 0 Å². The molecule has 0 heterocycles. The number of aliphatic hydroxyl groups is 2. The van der Waals surface area contributed by atoms with Gasteiger partial charge in [-0.05, 0) is 38.5 Å². The molecule has 308 valence electrons. The molecule has 0 aliphatic heterocycles. The van der Waals surface area contributed by atoms with Gasteiger partial charge in [-0.3, -0.25) is 14.1 Å². The number of rotatable bonds is 37. The molecular weight excluding hydrogens is 695 g/mol. The van der Waals surface area contributed by atoms with Crippen LogP contribution < -0.4 is 0 Å². The van der Waals surface area contributed by atoms with Crippen molar-refractivity contribution in [3.8, 4) is 0 Å². The van der Waals surface area contributed by atoms with Gasteiger partial charge in [-0.15, -0.1) is 0 Å². The second-order valence-corrected chi connectivity index (χ2v) is 15.3. The van der Waals surface area contributed by atoms with Gasteiger partial charge in [0.15, 0.2) is 6.10 Å². The van der Waals surface area contributed by atoms with Crippen LogP contribution in [0.25, 0.3) is 0 Å². The molecule has 53 heavy (non-hydrogen) atoms. The van der Waals surface area contributed by atoms with Crippen molar-refractivity contribution in [1.82, 2.24) is 0 Å². The Labute approximate surface area is 321 Å². The highest BCUT2D eigenvalue weighted by molar-refractivity contribution is 7.46. The highest BCUT2D eigenvalue weighted by Crippen LogP contribution is 2.36. The molecule has 0 bridgehead atoms. The Hall–Kier alpha value is -2.07. The molecule has 0 saturated carbocycles. The van der Waals surface area contributed by atoms with Gasteiger partial charge in [0.25, 0.3) is 0 Å². The van der Waals surface area contributed by atoms with Crippen LogP contribution in [-0.2, 0) is 28.2 Å². The van der Waals surface area contributed by atoms with Crippen LogP contribution in [0.1, 0.15) is 174 Å². The molecule has 11 heteroatoms. The van der Waals surface area contributed by atoms with Gasteiger partial charge in [0, 0.05) is 12.8 Å². The van der Waals surface area contributed by atoms with E-state index in [0.717, 1.165) is 25.7 Å². The number of hydrogen-bond donors (Lipinski definition) is 4. The van der Waals surface area contributed by atoms with Crippen molar-refractivity contribution in [2.45, 2.75) is 193 Å². The van der Waals surface area contributed by atoms with Gasteiger partial charge in [-0.25, -0.2) is 4.57 Å². The molecular formula is C42H75O10P. The summed E-state index contributed by atoms with van der Waals surface area (Å²) in [4.78, 5) is 42.8. The summed E-state index contributed by atoms with van der Waals surface area (Å²) in [5, 5.41) is 20.2. The first-order chi connectivity index (χ1) is 25.6. The van der Waals surface area contributed by atoms with Crippen molar-refractivity contribution in [2.24, 2.45) is 0 Å². The van der Waals surface area contributed by atoms with Crippen molar-refractivity contribution >= 4 is 19.8 Å². The van der Waals surface area contributed by atoms with E-state index in [1.165, 1.54) is 96.3 Å².